The Morgan fingerprint density at radius 3 is 2.62 bits per heavy atom. The van der Waals surface area contributed by atoms with E-state index in [0.29, 0.717) is 17.3 Å². The van der Waals surface area contributed by atoms with E-state index in [4.69, 9.17) is 25.6 Å². The van der Waals surface area contributed by atoms with Crippen molar-refractivity contribution < 1.29 is 18.8 Å². The third-order valence-electron chi connectivity index (χ3n) is 5.24. The van der Waals surface area contributed by atoms with E-state index in [2.05, 4.69) is 9.97 Å². The van der Waals surface area contributed by atoms with Crippen LogP contribution in [0, 0.1) is 0 Å². The van der Waals surface area contributed by atoms with Gasteiger partial charge in [0.1, 0.15) is 5.65 Å². The van der Waals surface area contributed by atoms with Gasteiger partial charge in [0.05, 0.1) is 29.3 Å². The minimum Gasteiger partial charge on any atom is -0.466 e. The van der Waals surface area contributed by atoms with Gasteiger partial charge in [0, 0.05) is 23.6 Å². The number of rotatable bonds is 5. The summed E-state index contributed by atoms with van der Waals surface area (Å²) < 4.78 is 17.6. The number of ether oxygens (including phenoxy) is 1. The summed E-state index contributed by atoms with van der Waals surface area (Å²) in [6.07, 6.45) is 3.58. The molecule has 1 aliphatic rings. The molecule has 26 heavy (non-hydrogen) atoms. The molecular weight excluding hydrogens is 354 g/mol. The van der Waals surface area contributed by atoms with Crippen LogP contribution in [0.3, 0.4) is 0 Å². The van der Waals surface area contributed by atoms with Crippen molar-refractivity contribution in [3.8, 4) is 0 Å². The molecule has 1 unspecified atom stereocenters. The molecule has 0 bridgehead atoms. The third kappa shape index (κ3) is 3.35. The number of carbonyl (C=O) groups excluding carboxylic acids is 1. The Morgan fingerprint density at radius 2 is 2.00 bits per heavy atom. The minimum atomic E-state index is -0.598. The first-order chi connectivity index (χ1) is 12.2. The number of hydrogen-bond acceptors (Lipinski definition) is 5. The number of hydrogen-bond donors (Lipinski definition) is 1. The molecule has 2 aromatic heterocycles. The second kappa shape index (κ2) is 6.87. The van der Waals surface area contributed by atoms with E-state index in [1.807, 2.05) is 33.9 Å². The quantitative estimate of drug-likeness (QED) is 0.631. The summed E-state index contributed by atoms with van der Waals surface area (Å²) in [5.41, 5.74) is 0.500. The second-order valence-corrected chi connectivity index (χ2v) is 7.91. The Kier molecular flexibility index (Phi) is 5.07. The zero-order chi connectivity index (χ0) is 19.1. The summed E-state index contributed by atoms with van der Waals surface area (Å²) in [6, 6.07) is 1.73. The minimum absolute atomic E-state index is 0.128. The molecule has 2 aromatic rings. The Morgan fingerprint density at radius 1 is 1.35 bits per heavy atom. The number of halogens is 1. The number of nitrogens with one attached hydrogen (secondary N) is 1. The lowest BCUT2D eigenvalue weighted by Gasteiger charge is -2.32. The zero-order valence-electron chi connectivity index (χ0n) is 15.8. The number of carbonyl (C=O) groups is 1. The molecule has 3 heterocycles. The van der Waals surface area contributed by atoms with Crippen molar-refractivity contribution in [3.63, 3.8) is 0 Å². The van der Waals surface area contributed by atoms with E-state index in [1.165, 1.54) is 0 Å². The Labute approximate surface area is 158 Å². The van der Waals surface area contributed by atoms with Crippen LogP contribution in [-0.2, 0) is 18.8 Å². The van der Waals surface area contributed by atoms with Crippen LogP contribution in [0.4, 0.5) is 0 Å². The molecule has 0 spiro atoms. The molecule has 3 rings (SSSR count). The molecule has 1 atom stereocenters. The van der Waals surface area contributed by atoms with Gasteiger partial charge >= 0.3 is 13.1 Å². The van der Waals surface area contributed by atoms with Crippen LogP contribution in [0.1, 0.15) is 52.4 Å². The van der Waals surface area contributed by atoms with Crippen LogP contribution in [0.5, 0.6) is 0 Å². The summed E-state index contributed by atoms with van der Waals surface area (Å²) in [4.78, 5) is 19.7. The molecule has 6 nitrogen and oxygen atoms in total. The summed E-state index contributed by atoms with van der Waals surface area (Å²) in [6.45, 7) is 10.0. The van der Waals surface area contributed by atoms with Gasteiger partial charge in [0.2, 0.25) is 0 Å². The first kappa shape index (κ1) is 19.2. The molecule has 140 valence electrons. The molecule has 0 radical (unpaired) electrons. The van der Waals surface area contributed by atoms with Gasteiger partial charge in [-0.3, -0.25) is 4.79 Å². The molecule has 0 amide bonds. The number of nitrogens with zero attached hydrogens (tertiary/aromatic N) is 1. The lowest BCUT2D eigenvalue weighted by molar-refractivity contribution is -0.143. The van der Waals surface area contributed by atoms with Gasteiger partial charge in [0.25, 0.3) is 0 Å². The molecule has 0 aromatic carbocycles. The van der Waals surface area contributed by atoms with Crippen LogP contribution in [0.25, 0.3) is 11.0 Å². The molecule has 8 heteroatoms. The van der Waals surface area contributed by atoms with E-state index < -0.39 is 18.3 Å². The van der Waals surface area contributed by atoms with Gasteiger partial charge in [-0.2, -0.15) is 0 Å². The fraction of sp³-hybridized carbons (Fsp3) is 0.556. The van der Waals surface area contributed by atoms with Crippen LogP contribution in [0.15, 0.2) is 18.5 Å². The Balaban J connectivity index is 2.03. The van der Waals surface area contributed by atoms with E-state index >= 15 is 0 Å². The average molecular weight is 379 g/mol. The van der Waals surface area contributed by atoms with E-state index in [-0.39, 0.29) is 18.2 Å². The first-order valence-corrected chi connectivity index (χ1v) is 9.17. The lowest BCUT2D eigenvalue weighted by Crippen LogP contribution is -2.41. The van der Waals surface area contributed by atoms with Crippen molar-refractivity contribution in [1.29, 1.82) is 0 Å². The smallest absolute Gasteiger partial charge is 0.466 e. The average Bonchev–Trinajstić information content (AvgIpc) is 3.05. The summed E-state index contributed by atoms with van der Waals surface area (Å²) >= 11 is 6.41. The number of esters is 1. The number of fused-ring (bicyclic) bond motifs is 1. The van der Waals surface area contributed by atoms with Crippen LogP contribution < -0.4 is 0 Å². The summed E-state index contributed by atoms with van der Waals surface area (Å²) in [5.74, 6) is -0.674. The van der Waals surface area contributed by atoms with E-state index in [9.17, 15) is 4.79 Å². The topological polar surface area (TPSA) is 73.4 Å². The second-order valence-electron chi connectivity index (χ2n) is 7.50. The number of pyridine rings is 1. The summed E-state index contributed by atoms with van der Waals surface area (Å²) in [5, 5.41) is 1.34. The molecule has 1 fully saturated rings. The fourth-order valence-corrected chi connectivity index (χ4v) is 3.39. The molecule has 1 aliphatic heterocycles. The highest BCUT2D eigenvalue weighted by molar-refractivity contribution is 6.48. The van der Waals surface area contributed by atoms with E-state index in [0.717, 1.165) is 10.9 Å². The SMILES string of the molecule is CCOC(=O)CC(B1OC(C)(C)C(C)(C)O1)c1c[nH]c2nccc(Cl)c12. The maximum Gasteiger partial charge on any atom is 0.466 e. The highest BCUT2D eigenvalue weighted by atomic mass is 35.5. The largest absolute Gasteiger partial charge is 0.466 e. The zero-order valence-corrected chi connectivity index (χ0v) is 16.5. The maximum absolute atomic E-state index is 12.3. The normalized spacial score (nSPS) is 19.7. The molecular formula is C18H24BClN2O4. The Hall–Kier alpha value is -1.57. The highest BCUT2D eigenvalue weighted by Crippen LogP contribution is 2.43. The van der Waals surface area contributed by atoms with Crippen LogP contribution >= 0.6 is 11.6 Å². The van der Waals surface area contributed by atoms with Gasteiger partial charge in [-0.25, -0.2) is 4.98 Å². The lowest BCUT2D eigenvalue weighted by atomic mass is 9.66. The van der Waals surface area contributed by atoms with Gasteiger partial charge in [0.15, 0.2) is 0 Å². The first-order valence-electron chi connectivity index (χ1n) is 8.79. The predicted octanol–water partition coefficient (Wildman–Crippen LogP) is 3.88. The van der Waals surface area contributed by atoms with Crippen molar-refractivity contribution in [2.45, 2.75) is 58.1 Å². The molecule has 1 saturated heterocycles. The van der Waals surface area contributed by atoms with Crippen molar-refractivity contribution in [3.05, 3.63) is 29.0 Å². The standard InChI is InChI=1S/C18H24BClN2O4/c1-6-24-14(23)9-12(19-25-17(2,3)18(4,5)26-19)11-10-22-16-15(11)13(20)7-8-21-16/h7-8,10,12H,6,9H2,1-5H3,(H,21,22). The Bertz CT molecular complexity index is 805. The monoisotopic (exact) mass is 378 g/mol. The van der Waals surface area contributed by atoms with Crippen molar-refractivity contribution >= 4 is 35.7 Å². The van der Waals surface area contributed by atoms with Crippen molar-refractivity contribution in [1.82, 2.24) is 9.97 Å². The van der Waals surface area contributed by atoms with Gasteiger partial charge in [-0.1, -0.05) is 11.6 Å². The van der Waals surface area contributed by atoms with Crippen molar-refractivity contribution in [2.24, 2.45) is 0 Å². The number of H-pyrrole nitrogens is 1. The maximum atomic E-state index is 12.3. The van der Waals surface area contributed by atoms with Crippen molar-refractivity contribution in [2.75, 3.05) is 6.61 Å². The highest BCUT2D eigenvalue weighted by Gasteiger charge is 2.54. The van der Waals surface area contributed by atoms with Gasteiger partial charge in [-0.15, -0.1) is 0 Å². The fourth-order valence-electron chi connectivity index (χ4n) is 3.14. The third-order valence-corrected chi connectivity index (χ3v) is 5.56. The summed E-state index contributed by atoms with van der Waals surface area (Å²) in [7, 11) is -0.598. The van der Waals surface area contributed by atoms with E-state index in [1.54, 1.807) is 19.2 Å². The molecule has 1 N–H and O–H groups in total. The van der Waals surface area contributed by atoms with Crippen LogP contribution in [0.2, 0.25) is 5.02 Å². The van der Waals surface area contributed by atoms with Gasteiger partial charge in [-0.05, 0) is 46.2 Å². The van der Waals surface area contributed by atoms with Gasteiger partial charge < -0.3 is 19.0 Å². The van der Waals surface area contributed by atoms with Crippen LogP contribution in [-0.4, -0.2) is 40.9 Å². The molecule has 0 saturated carbocycles. The molecule has 0 aliphatic carbocycles. The number of aromatic nitrogens is 2. The predicted molar refractivity (Wildman–Crippen MR) is 101 cm³/mol. The number of aromatic amines is 1.